The molecule has 0 radical (unpaired) electrons. The Balaban J connectivity index is 2.98. The number of aromatic nitrogens is 2. The molecule has 0 atom stereocenters. The smallest absolute Gasteiger partial charge is 0.0537 e. The van der Waals surface area contributed by atoms with Gasteiger partial charge in [0.15, 0.2) is 0 Å². The van der Waals surface area contributed by atoms with Gasteiger partial charge in [0.25, 0.3) is 0 Å². The number of nitrogens with one attached hydrogen (secondary N) is 1. The van der Waals surface area contributed by atoms with Crippen LogP contribution in [0.4, 0.5) is 0 Å². The van der Waals surface area contributed by atoms with E-state index in [1.54, 1.807) is 0 Å². The fourth-order valence-corrected chi connectivity index (χ4v) is 2.42. The van der Waals surface area contributed by atoms with Gasteiger partial charge in [0.2, 0.25) is 0 Å². The van der Waals surface area contributed by atoms with Gasteiger partial charge in [-0.3, -0.25) is 4.68 Å². The summed E-state index contributed by atoms with van der Waals surface area (Å²) in [4.78, 5) is 0. The maximum Gasteiger partial charge on any atom is 0.0537 e. The predicted octanol–water partition coefficient (Wildman–Crippen LogP) is 3.87. The van der Waals surface area contributed by atoms with Crippen LogP contribution in [0.15, 0.2) is 6.20 Å². The van der Waals surface area contributed by atoms with Crippen LogP contribution in [0.5, 0.6) is 0 Å². The zero-order valence-corrected chi connectivity index (χ0v) is 12.8. The van der Waals surface area contributed by atoms with Gasteiger partial charge >= 0.3 is 0 Å². The highest BCUT2D eigenvalue weighted by Gasteiger charge is 2.18. The molecule has 0 aromatic carbocycles. The van der Waals surface area contributed by atoms with E-state index in [2.05, 4.69) is 56.6 Å². The molecule has 0 saturated heterocycles. The van der Waals surface area contributed by atoms with Crippen LogP contribution in [-0.2, 0) is 6.54 Å². The Hall–Kier alpha value is -0.830. The zero-order valence-electron chi connectivity index (χ0n) is 12.8. The van der Waals surface area contributed by atoms with Crippen molar-refractivity contribution < 1.29 is 0 Å². The molecule has 0 aliphatic carbocycles. The third kappa shape index (κ3) is 3.58. The molecular weight excluding hydrogens is 222 g/mol. The van der Waals surface area contributed by atoms with Crippen molar-refractivity contribution in [3.63, 3.8) is 0 Å². The summed E-state index contributed by atoms with van der Waals surface area (Å²) in [5.41, 5.74) is 2.75. The monoisotopic (exact) mass is 251 g/mol. The zero-order chi connectivity index (χ0) is 13.7. The lowest BCUT2D eigenvalue weighted by molar-refractivity contribution is 0.407. The van der Waals surface area contributed by atoms with Crippen LogP contribution in [0.2, 0.25) is 0 Å². The minimum absolute atomic E-state index is 0.515. The van der Waals surface area contributed by atoms with E-state index in [4.69, 9.17) is 0 Å². The van der Waals surface area contributed by atoms with Crippen molar-refractivity contribution in [2.24, 2.45) is 0 Å². The third-order valence-electron chi connectivity index (χ3n) is 3.45. The van der Waals surface area contributed by atoms with Gasteiger partial charge < -0.3 is 5.32 Å². The molecule has 0 saturated carbocycles. The Kier molecular flexibility index (Phi) is 5.86. The second-order valence-corrected chi connectivity index (χ2v) is 5.66. The van der Waals surface area contributed by atoms with Gasteiger partial charge in [-0.25, -0.2) is 0 Å². The van der Waals surface area contributed by atoms with Crippen molar-refractivity contribution in [1.29, 1.82) is 0 Å². The second-order valence-electron chi connectivity index (χ2n) is 5.66. The van der Waals surface area contributed by atoms with E-state index in [9.17, 15) is 0 Å². The number of rotatable bonds is 7. The molecule has 1 rings (SSSR count). The predicted molar refractivity (Wildman–Crippen MR) is 77.9 cm³/mol. The highest BCUT2D eigenvalue weighted by molar-refractivity contribution is 5.21. The highest BCUT2D eigenvalue weighted by atomic mass is 15.3. The quantitative estimate of drug-likeness (QED) is 0.797. The van der Waals surface area contributed by atoms with E-state index in [0.717, 1.165) is 19.4 Å². The molecule has 1 aromatic rings. The summed E-state index contributed by atoms with van der Waals surface area (Å²) < 4.78 is 2.25. The molecular formula is C15H29N3. The van der Waals surface area contributed by atoms with E-state index in [1.807, 2.05) is 6.20 Å². The van der Waals surface area contributed by atoms with Crippen LogP contribution in [0.3, 0.4) is 0 Å². The number of hydrogen-bond donors (Lipinski definition) is 1. The topological polar surface area (TPSA) is 29.9 Å². The van der Waals surface area contributed by atoms with Gasteiger partial charge in [-0.15, -0.1) is 0 Å². The Morgan fingerprint density at radius 1 is 1.17 bits per heavy atom. The molecule has 3 nitrogen and oxygen atoms in total. The Labute approximate surface area is 112 Å². The Morgan fingerprint density at radius 3 is 2.22 bits per heavy atom. The molecule has 0 aliphatic heterocycles. The van der Waals surface area contributed by atoms with Gasteiger partial charge in [0, 0.05) is 23.8 Å². The van der Waals surface area contributed by atoms with Crippen LogP contribution >= 0.6 is 0 Å². The summed E-state index contributed by atoms with van der Waals surface area (Å²) >= 11 is 0. The first-order valence-electron chi connectivity index (χ1n) is 7.30. The lowest BCUT2D eigenvalue weighted by atomic mass is 10.0. The van der Waals surface area contributed by atoms with Gasteiger partial charge in [0.05, 0.1) is 12.2 Å². The van der Waals surface area contributed by atoms with Crippen LogP contribution in [0.25, 0.3) is 0 Å². The molecule has 0 spiro atoms. The number of hydrogen-bond acceptors (Lipinski definition) is 2. The molecule has 0 fully saturated rings. The second kappa shape index (κ2) is 6.93. The summed E-state index contributed by atoms with van der Waals surface area (Å²) in [6.07, 6.45) is 4.34. The molecule has 18 heavy (non-hydrogen) atoms. The van der Waals surface area contributed by atoms with Crippen molar-refractivity contribution >= 4 is 0 Å². The molecule has 1 heterocycles. The van der Waals surface area contributed by atoms with Crippen molar-refractivity contribution in [2.75, 3.05) is 0 Å². The Bertz CT molecular complexity index is 349. The number of nitrogens with zero attached hydrogens (tertiary/aromatic N) is 2. The van der Waals surface area contributed by atoms with E-state index < -0.39 is 0 Å². The van der Waals surface area contributed by atoms with E-state index in [1.165, 1.54) is 11.3 Å². The summed E-state index contributed by atoms with van der Waals surface area (Å²) in [6, 6.07) is 1.05. The van der Waals surface area contributed by atoms with Crippen molar-refractivity contribution in [2.45, 2.75) is 78.9 Å². The van der Waals surface area contributed by atoms with Gasteiger partial charge in [-0.2, -0.15) is 5.10 Å². The molecule has 0 bridgehead atoms. The third-order valence-corrected chi connectivity index (χ3v) is 3.45. The maximum absolute atomic E-state index is 4.63. The molecule has 0 amide bonds. The SMILES string of the molecule is CCC(CC)n1ncc(CNC(C)C)c1C(C)C. The largest absolute Gasteiger partial charge is 0.310 e. The lowest BCUT2D eigenvalue weighted by Crippen LogP contribution is -2.23. The minimum atomic E-state index is 0.515. The van der Waals surface area contributed by atoms with E-state index >= 15 is 0 Å². The molecule has 1 aromatic heterocycles. The summed E-state index contributed by atoms with van der Waals surface area (Å²) in [7, 11) is 0. The average molecular weight is 251 g/mol. The summed E-state index contributed by atoms with van der Waals surface area (Å²) in [5.74, 6) is 0.525. The van der Waals surface area contributed by atoms with Crippen LogP contribution in [0, 0.1) is 0 Å². The van der Waals surface area contributed by atoms with Crippen molar-refractivity contribution in [3.05, 3.63) is 17.5 Å². The first-order valence-corrected chi connectivity index (χ1v) is 7.30. The normalized spacial score (nSPS) is 12.1. The molecule has 1 N–H and O–H groups in total. The summed E-state index contributed by atoms with van der Waals surface area (Å²) in [6.45, 7) is 14.3. The lowest BCUT2D eigenvalue weighted by Gasteiger charge is -2.20. The van der Waals surface area contributed by atoms with Crippen molar-refractivity contribution in [1.82, 2.24) is 15.1 Å². The van der Waals surface area contributed by atoms with E-state index in [-0.39, 0.29) is 0 Å². The van der Waals surface area contributed by atoms with Gasteiger partial charge in [-0.1, -0.05) is 41.5 Å². The van der Waals surface area contributed by atoms with Crippen molar-refractivity contribution in [3.8, 4) is 0 Å². The maximum atomic E-state index is 4.63. The standard InChI is InChI=1S/C15H29N3/c1-7-14(8-2)18-15(11(3)4)13(10-17-18)9-16-12(5)6/h10-12,14,16H,7-9H2,1-6H3. The van der Waals surface area contributed by atoms with Gasteiger partial charge in [-0.05, 0) is 18.8 Å². The van der Waals surface area contributed by atoms with Crippen LogP contribution in [0.1, 0.15) is 77.6 Å². The summed E-state index contributed by atoms with van der Waals surface area (Å²) in [5, 5.41) is 8.13. The Morgan fingerprint density at radius 2 is 1.78 bits per heavy atom. The fourth-order valence-electron chi connectivity index (χ4n) is 2.42. The van der Waals surface area contributed by atoms with Crippen LogP contribution in [-0.4, -0.2) is 15.8 Å². The van der Waals surface area contributed by atoms with Crippen LogP contribution < -0.4 is 5.32 Å². The average Bonchev–Trinajstić information content (AvgIpc) is 2.72. The molecule has 0 unspecified atom stereocenters. The molecule has 0 aliphatic rings. The molecule has 104 valence electrons. The first kappa shape index (κ1) is 15.2. The molecule has 3 heteroatoms. The highest BCUT2D eigenvalue weighted by Crippen LogP contribution is 2.25. The van der Waals surface area contributed by atoms with E-state index in [0.29, 0.717) is 18.0 Å². The fraction of sp³-hybridized carbons (Fsp3) is 0.800. The first-order chi connectivity index (χ1) is 8.51. The van der Waals surface area contributed by atoms with Gasteiger partial charge in [0.1, 0.15) is 0 Å². The minimum Gasteiger partial charge on any atom is -0.310 e.